The zero-order valence-electron chi connectivity index (χ0n) is 17.8. The van der Waals surface area contributed by atoms with E-state index in [2.05, 4.69) is 15.0 Å². The van der Waals surface area contributed by atoms with Gasteiger partial charge in [-0.05, 0) is 23.3 Å². The van der Waals surface area contributed by atoms with E-state index in [0.29, 0.717) is 23.3 Å². The second-order valence-electron chi connectivity index (χ2n) is 7.54. The van der Waals surface area contributed by atoms with Crippen LogP contribution >= 0.6 is 0 Å². The van der Waals surface area contributed by atoms with E-state index in [-0.39, 0.29) is 17.0 Å². The van der Waals surface area contributed by atoms with Crippen molar-refractivity contribution in [2.24, 2.45) is 0 Å². The summed E-state index contributed by atoms with van der Waals surface area (Å²) in [5, 5.41) is 9.22. The first-order valence-electron chi connectivity index (χ1n) is 10.5. The molecule has 162 valence electrons. The summed E-state index contributed by atoms with van der Waals surface area (Å²) in [6.07, 6.45) is 0. The summed E-state index contributed by atoms with van der Waals surface area (Å²) in [4.78, 5) is 13.6. The van der Waals surface area contributed by atoms with Crippen LogP contribution in [0.4, 0.5) is 8.78 Å². The third-order valence-corrected chi connectivity index (χ3v) is 5.31. The lowest BCUT2D eigenvalue weighted by Crippen LogP contribution is -2.02. The number of hydrogen-bond acceptors (Lipinski definition) is 4. The highest BCUT2D eigenvalue weighted by molar-refractivity contribution is 5.72. The Morgan fingerprint density at radius 3 is 1.76 bits per heavy atom. The monoisotopic (exact) mass is 446 g/mol. The Hall–Kier alpha value is -4.76. The van der Waals surface area contributed by atoms with Crippen molar-refractivity contribution in [3.63, 3.8) is 0 Å². The van der Waals surface area contributed by atoms with Crippen molar-refractivity contribution in [1.29, 1.82) is 5.26 Å². The third-order valence-electron chi connectivity index (χ3n) is 5.31. The Morgan fingerprint density at radius 2 is 1.09 bits per heavy atom. The van der Waals surface area contributed by atoms with Crippen LogP contribution in [-0.4, -0.2) is 15.0 Å². The zero-order chi connectivity index (χ0) is 23.5. The number of benzene rings is 4. The van der Waals surface area contributed by atoms with Gasteiger partial charge in [-0.2, -0.15) is 5.26 Å². The van der Waals surface area contributed by atoms with Crippen molar-refractivity contribution < 1.29 is 8.78 Å². The van der Waals surface area contributed by atoms with Gasteiger partial charge < -0.3 is 0 Å². The first-order valence-corrected chi connectivity index (χ1v) is 10.5. The van der Waals surface area contributed by atoms with Crippen LogP contribution in [-0.2, 0) is 0 Å². The third kappa shape index (κ3) is 4.15. The van der Waals surface area contributed by atoms with E-state index in [9.17, 15) is 14.0 Å². The predicted molar refractivity (Wildman–Crippen MR) is 126 cm³/mol. The lowest BCUT2D eigenvalue weighted by Gasteiger charge is -2.10. The van der Waals surface area contributed by atoms with Crippen LogP contribution in [0.3, 0.4) is 0 Å². The molecule has 1 aromatic heterocycles. The average Bonchev–Trinajstić information content (AvgIpc) is 2.89. The lowest BCUT2D eigenvalue weighted by atomic mass is 10.0. The van der Waals surface area contributed by atoms with Gasteiger partial charge in [0.25, 0.3) is 0 Å². The van der Waals surface area contributed by atoms with E-state index in [1.54, 1.807) is 6.07 Å². The number of nitrogens with zero attached hydrogens (tertiary/aromatic N) is 4. The molecule has 34 heavy (non-hydrogen) atoms. The van der Waals surface area contributed by atoms with Crippen LogP contribution in [0.15, 0.2) is 97.1 Å². The maximum atomic E-state index is 14.8. The molecule has 0 spiro atoms. The van der Waals surface area contributed by atoms with E-state index in [1.807, 2.05) is 84.9 Å². The highest BCUT2D eigenvalue weighted by Gasteiger charge is 2.18. The lowest BCUT2D eigenvalue weighted by molar-refractivity contribution is 0.582. The molecule has 0 saturated heterocycles. The van der Waals surface area contributed by atoms with Crippen molar-refractivity contribution in [2.45, 2.75) is 0 Å². The van der Waals surface area contributed by atoms with Crippen LogP contribution in [0.5, 0.6) is 0 Å². The highest BCUT2D eigenvalue weighted by atomic mass is 19.1. The Bertz CT molecular complexity index is 1530. The van der Waals surface area contributed by atoms with E-state index in [0.717, 1.165) is 22.8 Å². The predicted octanol–water partition coefficient (Wildman–Crippen LogP) is 6.69. The smallest absolute Gasteiger partial charge is 0.167 e. The first kappa shape index (κ1) is 21.1. The minimum absolute atomic E-state index is 0.0166. The standard InChI is InChI=1S/C28H16F2N4/c29-24-16-25(30)23(15-22(24)17-31)28-33-26(19-10-5-2-6-11-19)32-27(34-28)21-13-7-12-20(14-21)18-8-3-1-4-9-18/h1-16H. The molecule has 0 bridgehead atoms. The van der Waals surface area contributed by atoms with Gasteiger partial charge in [-0.25, -0.2) is 23.7 Å². The molecule has 5 rings (SSSR count). The Labute approximate surface area is 194 Å². The summed E-state index contributed by atoms with van der Waals surface area (Å²) >= 11 is 0. The molecule has 0 radical (unpaired) electrons. The van der Waals surface area contributed by atoms with Crippen LogP contribution < -0.4 is 0 Å². The molecular formula is C28H16F2N4. The molecular weight excluding hydrogens is 430 g/mol. The van der Waals surface area contributed by atoms with Gasteiger partial charge in [0.1, 0.15) is 17.7 Å². The van der Waals surface area contributed by atoms with Crippen LogP contribution in [0, 0.1) is 23.0 Å². The van der Waals surface area contributed by atoms with E-state index in [1.165, 1.54) is 0 Å². The second-order valence-corrected chi connectivity index (χ2v) is 7.54. The van der Waals surface area contributed by atoms with E-state index < -0.39 is 11.6 Å². The fourth-order valence-electron chi connectivity index (χ4n) is 3.62. The topological polar surface area (TPSA) is 62.5 Å². The number of aromatic nitrogens is 3. The number of rotatable bonds is 4. The van der Waals surface area contributed by atoms with Crippen LogP contribution in [0.25, 0.3) is 45.3 Å². The van der Waals surface area contributed by atoms with Gasteiger partial charge in [0, 0.05) is 17.2 Å². The van der Waals surface area contributed by atoms with Crippen molar-refractivity contribution in [3.8, 4) is 51.4 Å². The largest absolute Gasteiger partial charge is 0.208 e. The molecule has 0 aliphatic rings. The molecule has 0 amide bonds. The molecule has 5 aromatic rings. The molecule has 4 nitrogen and oxygen atoms in total. The van der Waals surface area contributed by atoms with Crippen LogP contribution in [0.1, 0.15) is 5.56 Å². The normalized spacial score (nSPS) is 10.6. The molecule has 6 heteroatoms. The summed E-state index contributed by atoms with van der Waals surface area (Å²) in [5.41, 5.74) is 3.08. The molecule has 0 saturated carbocycles. The Balaban J connectivity index is 1.71. The summed E-state index contributed by atoms with van der Waals surface area (Å²) in [5.74, 6) is -1.10. The molecule has 0 atom stereocenters. The van der Waals surface area contributed by atoms with Gasteiger partial charge in [-0.3, -0.25) is 0 Å². The number of halogens is 2. The second kappa shape index (κ2) is 9.00. The van der Waals surface area contributed by atoms with Gasteiger partial charge in [-0.15, -0.1) is 0 Å². The minimum atomic E-state index is -0.933. The summed E-state index contributed by atoms with van der Waals surface area (Å²) in [6.45, 7) is 0. The SMILES string of the molecule is N#Cc1cc(-c2nc(-c3ccccc3)nc(-c3cccc(-c4ccccc4)c3)n2)c(F)cc1F. The van der Waals surface area contributed by atoms with E-state index >= 15 is 0 Å². The maximum Gasteiger partial charge on any atom is 0.167 e. The van der Waals surface area contributed by atoms with Gasteiger partial charge in [0.2, 0.25) is 0 Å². The van der Waals surface area contributed by atoms with Gasteiger partial charge in [0.05, 0.1) is 11.1 Å². The van der Waals surface area contributed by atoms with Gasteiger partial charge in [-0.1, -0.05) is 78.9 Å². The molecule has 4 aromatic carbocycles. The molecule has 0 aliphatic heterocycles. The molecule has 0 fully saturated rings. The molecule has 0 aliphatic carbocycles. The molecule has 1 heterocycles. The van der Waals surface area contributed by atoms with Crippen molar-refractivity contribution in [2.75, 3.05) is 0 Å². The fraction of sp³-hybridized carbons (Fsp3) is 0. The summed E-state index contributed by atoms with van der Waals surface area (Å²) in [7, 11) is 0. The Kier molecular flexibility index (Phi) is 5.59. The van der Waals surface area contributed by atoms with Crippen molar-refractivity contribution >= 4 is 0 Å². The highest BCUT2D eigenvalue weighted by Crippen LogP contribution is 2.29. The number of hydrogen-bond donors (Lipinski definition) is 0. The first-order chi connectivity index (χ1) is 16.6. The molecule has 0 unspecified atom stereocenters. The summed E-state index contributed by atoms with van der Waals surface area (Å²) < 4.78 is 28.7. The fourth-order valence-corrected chi connectivity index (χ4v) is 3.62. The maximum absolute atomic E-state index is 14.8. The Morgan fingerprint density at radius 1 is 0.529 bits per heavy atom. The van der Waals surface area contributed by atoms with Gasteiger partial charge in [0.15, 0.2) is 17.5 Å². The van der Waals surface area contributed by atoms with Crippen molar-refractivity contribution in [1.82, 2.24) is 15.0 Å². The van der Waals surface area contributed by atoms with E-state index in [4.69, 9.17) is 0 Å². The minimum Gasteiger partial charge on any atom is -0.208 e. The average molecular weight is 446 g/mol. The van der Waals surface area contributed by atoms with Crippen molar-refractivity contribution in [3.05, 3.63) is 114 Å². The summed E-state index contributed by atoms with van der Waals surface area (Å²) in [6, 6.07) is 30.4. The zero-order valence-corrected chi connectivity index (χ0v) is 17.8. The van der Waals surface area contributed by atoms with Gasteiger partial charge >= 0.3 is 0 Å². The number of nitriles is 1. The quantitative estimate of drug-likeness (QED) is 0.309. The molecule has 0 N–H and O–H groups in total. The van der Waals surface area contributed by atoms with Crippen LogP contribution in [0.2, 0.25) is 0 Å².